The number of ether oxygens (including phenoxy) is 1. The molecule has 6 nitrogen and oxygen atoms in total. The largest absolute Gasteiger partial charge is 0.489 e. The van der Waals surface area contributed by atoms with E-state index in [0.717, 1.165) is 11.1 Å². The Morgan fingerprint density at radius 1 is 1.00 bits per heavy atom. The van der Waals surface area contributed by atoms with Crippen LogP contribution in [0.3, 0.4) is 0 Å². The van der Waals surface area contributed by atoms with E-state index in [1.54, 1.807) is 42.7 Å². The highest BCUT2D eigenvalue weighted by Crippen LogP contribution is 2.19. The van der Waals surface area contributed by atoms with E-state index in [0.29, 0.717) is 23.7 Å². The summed E-state index contributed by atoms with van der Waals surface area (Å²) in [6, 6.07) is 18.2. The summed E-state index contributed by atoms with van der Waals surface area (Å²) < 4.78 is 5.74. The maximum Gasteiger partial charge on any atom is 0.248 e. The second-order valence-electron chi connectivity index (χ2n) is 6.30. The van der Waals surface area contributed by atoms with Gasteiger partial charge in [0.25, 0.3) is 0 Å². The molecule has 0 saturated heterocycles. The molecule has 0 aliphatic heterocycles. The number of carbonyl (C=O) groups excluding carboxylic acids is 2. The first-order valence-electron chi connectivity index (χ1n) is 9.07. The topological polar surface area (TPSA) is 80.3 Å². The van der Waals surface area contributed by atoms with Gasteiger partial charge in [-0.2, -0.15) is 0 Å². The summed E-state index contributed by atoms with van der Waals surface area (Å²) in [4.78, 5) is 27.3. The van der Waals surface area contributed by atoms with E-state index in [9.17, 15) is 9.59 Å². The average molecular weight is 387 g/mol. The highest BCUT2D eigenvalue weighted by Gasteiger charge is 2.02. The van der Waals surface area contributed by atoms with E-state index in [1.165, 1.54) is 13.0 Å². The Morgan fingerprint density at radius 3 is 2.55 bits per heavy atom. The quantitative estimate of drug-likeness (QED) is 0.593. The maximum atomic E-state index is 12.2. The number of hydrogen-bond donors (Lipinski definition) is 2. The normalized spacial score (nSPS) is 10.5. The van der Waals surface area contributed by atoms with Crippen molar-refractivity contribution in [2.45, 2.75) is 13.5 Å². The third-order valence-electron chi connectivity index (χ3n) is 3.89. The molecule has 3 rings (SSSR count). The lowest BCUT2D eigenvalue weighted by molar-refractivity contribution is -0.114. The first-order valence-corrected chi connectivity index (χ1v) is 9.07. The molecule has 0 aliphatic rings. The molecule has 0 bridgehead atoms. The van der Waals surface area contributed by atoms with Crippen molar-refractivity contribution < 1.29 is 14.3 Å². The number of amides is 2. The summed E-state index contributed by atoms with van der Waals surface area (Å²) in [7, 11) is 0. The second-order valence-corrected chi connectivity index (χ2v) is 6.30. The van der Waals surface area contributed by atoms with Crippen LogP contribution in [0, 0.1) is 0 Å². The van der Waals surface area contributed by atoms with Gasteiger partial charge >= 0.3 is 0 Å². The number of rotatable bonds is 7. The molecule has 0 radical (unpaired) electrons. The number of hydrogen-bond acceptors (Lipinski definition) is 4. The Kier molecular flexibility index (Phi) is 6.73. The van der Waals surface area contributed by atoms with Crippen LogP contribution >= 0.6 is 0 Å². The molecule has 1 heterocycles. The summed E-state index contributed by atoms with van der Waals surface area (Å²) >= 11 is 0. The zero-order chi connectivity index (χ0) is 20.5. The second kappa shape index (κ2) is 9.85. The molecule has 1 aromatic heterocycles. The van der Waals surface area contributed by atoms with Crippen LogP contribution in [0.4, 0.5) is 11.4 Å². The Labute approximate surface area is 169 Å². The summed E-state index contributed by atoms with van der Waals surface area (Å²) in [5.41, 5.74) is 3.17. The van der Waals surface area contributed by atoms with Crippen molar-refractivity contribution in [1.82, 2.24) is 4.98 Å². The molecule has 0 unspecified atom stereocenters. The van der Waals surface area contributed by atoms with Crippen molar-refractivity contribution in [2.24, 2.45) is 0 Å². The van der Waals surface area contributed by atoms with Gasteiger partial charge in [0.2, 0.25) is 11.8 Å². The lowest BCUT2D eigenvalue weighted by Gasteiger charge is -2.08. The number of nitrogens with one attached hydrogen (secondary N) is 2. The minimum absolute atomic E-state index is 0.126. The van der Waals surface area contributed by atoms with Gasteiger partial charge in [-0.1, -0.05) is 24.3 Å². The highest BCUT2D eigenvalue weighted by molar-refractivity contribution is 6.02. The van der Waals surface area contributed by atoms with Crippen molar-refractivity contribution >= 4 is 29.3 Å². The zero-order valence-electron chi connectivity index (χ0n) is 16.0. The van der Waals surface area contributed by atoms with Gasteiger partial charge in [0, 0.05) is 48.4 Å². The lowest BCUT2D eigenvalue weighted by atomic mass is 10.2. The van der Waals surface area contributed by atoms with Crippen LogP contribution in [0.2, 0.25) is 0 Å². The molecule has 0 aliphatic carbocycles. The third-order valence-corrected chi connectivity index (χ3v) is 3.89. The molecule has 2 amide bonds. The van der Waals surface area contributed by atoms with Crippen molar-refractivity contribution in [1.29, 1.82) is 0 Å². The smallest absolute Gasteiger partial charge is 0.248 e. The Hall–Kier alpha value is -3.93. The van der Waals surface area contributed by atoms with Gasteiger partial charge in [-0.3, -0.25) is 14.6 Å². The summed E-state index contributed by atoms with van der Waals surface area (Å²) in [5, 5.41) is 5.51. The van der Waals surface area contributed by atoms with Gasteiger partial charge in [-0.25, -0.2) is 0 Å². The van der Waals surface area contributed by atoms with Gasteiger partial charge in [0.15, 0.2) is 0 Å². The monoisotopic (exact) mass is 387 g/mol. The number of carbonyl (C=O) groups is 2. The molecule has 146 valence electrons. The van der Waals surface area contributed by atoms with Crippen molar-refractivity contribution in [2.75, 3.05) is 10.6 Å². The van der Waals surface area contributed by atoms with Gasteiger partial charge in [0.1, 0.15) is 12.4 Å². The molecule has 2 aromatic carbocycles. The van der Waals surface area contributed by atoms with Crippen molar-refractivity contribution in [3.05, 3.63) is 90.3 Å². The fourth-order valence-electron chi connectivity index (χ4n) is 2.55. The predicted molar refractivity (Wildman–Crippen MR) is 113 cm³/mol. The minimum Gasteiger partial charge on any atom is -0.489 e. The number of anilines is 2. The van der Waals surface area contributed by atoms with E-state index >= 15 is 0 Å². The standard InChI is InChI=1S/C23H21N3O3/c1-17(27)25-20-10-7-18(8-11-20)9-12-23(28)26-21-5-2-6-22(14-21)29-16-19-4-3-13-24-15-19/h2-15H,16H2,1H3,(H,25,27)(H,26,28)/b12-9+. The van der Waals surface area contributed by atoms with E-state index in [1.807, 2.05) is 36.4 Å². The van der Waals surface area contributed by atoms with Crippen LogP contribution in [0.15, 0.2) is 79.1 Å². The fourth-order valence-corrected chi connectivity index (χ4v) is 2.55. The van der Waals surface area contributed by atoms with E-state index in [2.05, 4.69) is 15.6 Å². The van der Waals surface area contributed by atoms with E-state index in [-0.39, 0.29) is 11.8 Å². The summed E-state index contributed by atoms with van der Waals surface area (Å²) in [5.74, 6) is 0.281. The molecule has 3 aromatic rings. The first-order chi connectivity index (χ1) is 14.1. The zero-order valence-corrected chi connectivity index (χ0v) is 16.0. The molecule has 29 heavy (non-hydrogen) atoms. The van der Waals surface area contributed by atoms with E-state index < -0.39 is 0 Å². The summed E-state index contributed by atoms with van der Waals surface area (Å²) in [6.07, 6.45) is 6.62. The van der Waals surface area contributed by atoms with Gasteiger partial charge in [-0.05, 0) is 42.0 Å². The van der Waals surface area contributed by atoms with Crippen LogP contribution in [0.25, 0.3) is 6.08 Å². The number of aromatic nitrogens is 1. The van der Waals surface area contributed by atoms with Crippen LogP contribution in [-0.4, -0.2) is 16.8 Å². The molecule has 0 fully saturated rings. The van der Waals surface area contributed by atoms with Gasteiger partial charge < -0.3 is 15.4 Å². The Balaban J connectivity index is 1.54. The van der Waals surface area contributed by atoms with Crippen molar-refractivity contribution in [3.63, 3.8) is 0 Å². The molecule has 6 heteroatoms. The Morgan fingerprint density at radius 2 is 1.83 bits per heavy atom. The number of nitrogens with zero attached hydrogens (tertiary/aromatic N) is 1. The molecule has 2 N–H and O–H groups in total. The number of pyridine rings is 1. The van der Waals surface area contributed by atoms with Crippen LogP contribution in [0.1, 0.15) is 18.1 Å². The fraction of sp³-hybridized carbons (Fsp3) is 0.0870. The molecular weight excluding hydrogens is 366 g/mol. The molecule has 0 atom stereocenters. The molecule has 0 spiro atoms. The van der Waals surface area contributed by atoms with Gasteiger partial charge in [-0.15, -0.1) is 0 Å². The predicted octanol–water partition coefficient (Wildman–Crippen LogP) is 4.27. The third kappa shape index (κ3) is 6.62. The maximum absolute atomic E-state index is 12.2. The van der Waals surface area contributed by atoms with Crippen LogP contribution < -0.4 is 15.4 Å². The molecule has 0 saturated carbocycles. The van der Waals surface area contributed by atoms with Crippen LogP contribution in [0.5, 0.6) is 5.75 Å². The number of benzene rings is 2. The van der Waals surface area contributed by atoms with E-state index in [4.69, 9.17) is 4.74 Å². The minimum atomic E-state index is -0.250. The first kappa shape index (κ1) is 19.8. The average Bonchev–Trinajstić information content (AvgIpc) is 2.72. The summed E-state index contributed by atoms with van der Waals surface area (Å²) in [6.45, 7) is 1.86. The van der Waals surface area contributed by atoms with Crippen LogP contribution in [-0.2, 0) is 16.2 Å². The SMILES string of the molecule is CC(=O)Nc1ccc(/C=C/C(=O)Nc2cccc(OCc3cccnc3)c2)cc1. The van der Waals surface area contributed by atoms with Crippen molar-refractivity contribution in [3.8, 4) is 5.75 Å². The highest BCUT2D eigenvalue weighted by atomic mass is 16.5. The van der Waals surface area contributed by atoms with Gasteiger partial charge in [0.05, 0.1) is 0 Å². The lowest BCUT2D eigenvalue weighted by Crippen LogP contribution is -2.08. The Bertz CT molecular complexity index is 999. The molecular formula is C23H21N3O3.